The number of aromatic amines is 1. The molecule has 1 heterocycles. The summed E-state index contributed by atoms with van der Waals surface area (Å²) < 4.78 is 0. The van der Waals surface area contributed by atoms with E-state index in [1.807, 2.05) is 0 Å². The quantitative estimate of drug-likeness (QED) is 0.328. The van der Waals surface area contributed by atoms with Crippen molar-refractivity contribution in [1.29, 1.82) is 0 Å². The van der Waals surface area contributed by atoms with Crippen LogP contribution in [0.2, 0.25) is 0 Å². The minimum atomic E-state index is 0.0665. The summed E-state index contributed by atoms with van der Waals surface area (Å²) in [5, 5.41) is 1.42. The number of rotatable bonds is 3. The highest BCUT2D eigenvalue weighted by atomic mass is 15.1. The molecule has 1 saturated carbocycles. The van der Waals surface area contributed by atoms with Crippen molar-refractivity contribution in [3.63, 3.8) is 0 Å². The summed E-state index contributed by atoms with van der Waals surface area (Å²) in [6, 6.07) is 31.5. The van der Waals surface area contributed by atoms with Gasteiger partial charge in [-0.2, -0.15) is 0 Å². The first-order valence-electron chi connectivity index (χ1n) is 13.3. The number of nitrogens with one attached hydrogen (secondary N) is 1. The van der Waals surface area contributed by atoms with Gasteiger partial charge < -0.3 is 4.98 Å². The molecule has 2 heteroatoms. The van der Waals surface area contributed by atoms with Crippen molar-refractivity contribution in [2.24, 2.45) is 0 Å². The Balaban J connectivity index is 1.50. The highest BCUT2D eigenvalue weighted by Crippen LogP contribution is 2.61. The number of hydrogen-bond donors (Lipinski definition) is 1. The molecule has 180 valence electrons. The van der Waals surface area contributed by atoms with Crippen molar-refractivity contribution in [3.05, 3.63) is 107 Å². The summed E-state index contributed by atoms with van der Waals surface area (Å²) in [4.78, 5) is 6.48. The number of nitrogens with zero attached hydrogens (tertiary/aromatic N) is 1. The molecule has 1 aromatic heterocycles. The predicted molar refractivity (Wildman–Crippen MR) is 147 cm³/mol. The summed E-state index contributed by atoms with van der Waals surface area (Å²) in [5.41, 5.74) is 7.68. The van der Waals surface area contributed by atoms with Crippen LogP contribution in [0.1, 0.15) is 74.3 Å². The van der Waals surface area contributed by atoms with Gasteiger partial charge in [-0.3, -0.25) is 4.90 Å². The van der Waals surface area contributed by atoms with Gasteiger partial charge in [0.15, 0.2) is 0 Å². The number of hydrogen-bond acceptors (Lipinski definition) is 1. The molecule has 0 bridgehead atoms. The number of benzene rings is 3. The van der Waals surface area contributed by atoms with Gasteiger partial charge in [-0.25, -0.2) is 0 Å². The monoisotopic (exact) mass is 462 g/mol. The van der Waals surface area contributed by atoms with Crippen molar-refractivity contribution in [2.45, 2.75) is 68.2 Å². The van der Waals surface area contributed by atoms with Crippen LogP contribution in [0.5, 0.6) is 0 Å². The van der Waals surface area contributed by atoms with Crippen molar-refractivity contribution in [3.8, 4) is 0 Å². The van der Waals surface area contributed by atoms with Crippen LogP contribution in [-0.2, 0) is 16.4 Å². The third kappa shape index (κ3) is 3.33. The fourth-order valence-corrected chi connectivity index (χ4v) is 7.69. The second-order valence-electron chi connectivity index (χ2n) is 11.9. The maximum absolute atomic E-state index is 3.99. The second kappa shape index (κ2) is 8.10. The molecule has 0 saturated heterocycles. The van der Waals surface area contributed by atoms with Crippen LogP contribution in [0, 0.1) is 0 Å². The van der Waals surface area contributed by atoms with Gasteiger partial charge in [-0.05, 0) is 80.3 Å². The summed E-state index contributed by atoms with van der Waals surface area (Å²) in [6.07, 6.45) is 5.99. The molecule has 2 aliphatic rings. The molecular formula is C33H38N2. The average molecular weight is 463 g/mol. The van der Waals surface area contributed by atoms with E-state index in [1.54, 1.807) is 5.56 Å². The Hall–Kier alpha value is -2.84. The smallest absolute Gasteiger partial charge is 0.0459 e. The Labute approximate surface area is 210 Å². The summed E-state index contributed by atoms with van der Waals surface area (Å²) >= 11 is 0. The van der Waals surface area contributed by atoms with Gasteiger partial charge in [-0.15, -0.1) is 0 Å². The number of H-pyrrole nitrogens is 1. The molecule has 2 nitrogen and oxygen atoms in total. The third-order valence-electron chi connectivity index (χ3n) is 9.75. The maximum Gasteiger partial charge on any atom is 0.0459 e. The van der Waals surface area contributed by atoms with E-state index in [9.17, 15) is 0 Å². The highest BCUT2D eigenvalue weighted by Gasteiger charge is 2.54. The van der Waals surface area contributed by atoms with Crippen molar-refractivity contribution < 1.29 is 0 Å². The van der Waals surface area contributed by atoms with E-state index < -0.39 is 0 Å². The van der Waals surface area contributed by atoms with Gasteiger partial charge in [-0.1, -0.05) is 92.7 Å². The fourth-order valence-electron chi connectivity index (χ4n) is 7.69. The zero-order valence-electron chi connectivity index (χ0n) is 21.6. The van der Waals surface area contributed by atoms with E-state index in [1.165, 1.54) is 59.8 Å². The molecule has 1 atom stereocenters. The van der Waals surface area contributed by atoms with E-state index >= 15 is 0 Å². The van der Waals surface area contributed by atoms with Crippen LogP contribution < -0.4 is 0 Å². The molecule has 1 spiro atoms. The van der Waals surface area contributed by atoms with Crippen LogP contribution in [0.4, 0.5) is 0 Å². The molecule has 35 heavy (non-hydrogen) atoms. The fraction of sp³-hybridized carbons (Fsp3) is 0.394. The van der Waals surface area contributed by atoms with Crippen LogP contribution >= 0.6 is 0 Å². The number of fused-ring (bicyclic) bond motifs is 4. The summed E-state index contributed by atoms with van der Waals surface area (Å²) in [5.74, 6) is 0.499. The Morgan fingerprint density at radius 3 is 2.00 bits per heavy atom. The first-order valence-corrected chi connectivity index (χ1v) is 13.3. The molecule has 2 aliphatic carbocycles. The first-order chi connectivity index (χ1) is 16.9. The largest absolute Gasteiger partial charge is 0.358 e. The summed E-state index contributed by atoms with van der Waals surface area (Å²) in [7, 11) is 4.55. The van der Waals surface area contributed by atoms with Gasteiger partial charge in [0.2, 0.25) is 0 Å². The van der Waals surface area contributed by atoms with E-state index in [4.69, 9.17) is 0 Å². The lowest BCUT2D eigenvalue weighted by Crippen LogP contribution is -2.51. The Morgan fingerprint density at radius 2 is 1.34 bits per heavy atom. The highest BCUT2D eigenvalue weighted by molar-refractivity contribution is 5.87. The van der Waals surface area contributed by atoms with Gasteiger partial charge in [0.1, 0.15) is 0 Å². The zero-order chi connectivity index (χ0) is 24.3. The standard InChI is InChI=1S/C33H38N2/c1-31(2)27(24-13-7-5-8-14-24)23-32(30-29(31)26-17-11-12-18-28(26)34-30)19-21-33(22-20-32,35(3)4)25-15-9-6-10-16-25/h5-18,27,34H,19-23H2,1-4H3. The third-order valence-corrected chi connectivity index (χ3v) is 9.75. The first kappa shape index (κ1) is 22.6. The van der Waals surface area contributed by atoms with Crippen molar-refractivity contribution in [2.75, 3.05) is 14.1 Å². The average Bonchev–Trinajstić information content (AvgIpc) is 3.30. The van der Waals surface area contributed by atoms with E-state index in [-0.39, 0.29) is 16.4 Å². The minimum Gasteiger partial charge on any atom is -0.358 e. The van der Waals surface area contributed by atoms with Gasteiger partial charge in [0.25, 0.3) is 0 Å². The molecule has 1 N–H and O–H groups in total. The predicted octanol–water partition coefficient (Wildman–Crippen LogP) is 7.90. The molecule has 6 rings (SSSR count). The van der Waals surface area contributed by atoms with Crippen LogP contribution in [0.15, 0.2) is 84.9 Å². The SMILES string of the molecule is CN(C)C1(c2ccccc2)CCC2(CC1)CC(c1ccccc1)C(C)(C)c1c2[nH]c2ccccc12. The lowest BCUT2D eigenvalue weighted by Gasteiger charge is -2.55. The lowest BCUT2D eigenvalue weighted by atomic mass is 9.51. The molecule has 1 unspecified atom stereocenters. The minimum absolute atomic E-state index is 0.0665. The Kier molecular flexibility index (Phi) is 5.23. The summed E-state index contributed by atoms with van der Waals surface area (Å²) in [6.45, 7) is 4.96. The zero-order valence-corrected chi connectivity index (χ0v) is 21.6. The van der Waals surface area contributed by atoms with E-state index in [2.05, 4.69) is 123 Å². The maximum atomic E-state index is 3.99. The molecule has 4 aromatic rings. The van der Waals surface area contributed by atoms with Crippen molar-refractivity contribution >= 4 is 10.9 Å². The Bertz CT molecular complexity index is 1320. The molecule has 1 fully saturated rings. The van der Waals surface area contributed by atoms with Crippen LogP contribution in [0.3, 0.4) is 0 Å². The molecule has 0 radical (unpaired) electrons. The number of para-hydroxylation sites is 1. The van der Waals surface area contributed by atoms with E-state index in [0.29, 0.717) is 5.92 Å². The molecule has 3 aromatic carbocycles. The van der Waals surface area contributed by atoms with Gasteiger partial charge in [0, 0.05) is 27.6 Å². The second-order valence-corrected chi connectivity index (χ2v) is 11.9. The molecule has 0 amide bonds. The van der Waals surface area contributed by atoms with E-state index in [0.717, 1.165) is 0 Å². The van der Waals surface area contributed by atoms with Crippen LogP contribution in [0.25, 0.3) is 10.9 Å². The normalized spacial score (nSPS) is 27.9. The molecular weight excluding hydrogens is 424 g/mol. The topological polar surface area (TPSA) is 19.0 Å². The van der Waals surface area contributed by atoms with Crippen LogP contribution in [-0.4, -0.2) is 24.0 Å². The number of aromatic nitrogens is 1. The van der Waals surface area contributed by atoms with Gasteiger partial charge >= 0.3 is 0 Å². The lowest BCUT2D eigenvalue weighted by molar-refractivity contribution is 0.0503. The Morgan fingerprint density at radius 1 is 0.743 bits per heavy atom. The molecule has 0 aliphatic heterocycles. The van der Waals surface area contributed by atoms with Crippen molar-refractivity contribution in [1.82, 2.24) is 9.88 Å². The van der Waals surface area contributed by atoms with Gasteiger partial charge in [0.05, 0.1) is 0 Å².